The molecule has 2 nitrogen and oxygen atoms in total. The van der Waals surface area contributed by atoms with Gasteiger partial charge < -0.3 is 10.2 Å². The van der Waals surface area contributed by atoms with Crippen LogP contribution in [0.1, 0.15) is 28.5 Å². The number of hydrogen-bond donors (Lipinski definition) is 1. The monoisotopic (exact) mass is 215 g/mol. The second-order valence-electron chi connectivity index (χ2n) is 4.23. The second kappa shape index (κ2) is 4.54. The van der Waals surface area contributed by atoms with E-state index in [9.17, 15) is 0 Å². The third-order valence-electron chi connectivity index (χ3n) is 2.84. The summed E-state index contributed by atoms with van der Waals surface area (Å²) in [6, 6.07) is 10.4. The van der Waals surface area contributed by atoms with Crippen LogP contribution in [0.5, 0.6) is 0 Å². The van der Waals surface area contributed by atoms with Gasteiger partial charge in [-0.05, 0) is 31.9 Å². The van der Waals surface area contributed by atoms with Gasteiger partial charge in [-0.3, -0.25) is 0 Å². The quantitative estimate of drug-likeness (QED) is 0.854. The molecule has 0 bridgehead atoms. The van der Waals surface area contributed by atoms with Gasteiger partial charge in [0.1, 0.15) is 5.76 Å². The molecular formula is C14H17NO. The number of furan rings is 1. The number of nitrogens with two attached hydrogens (primary N) is 1. The molecule has 0 aliphatic heterocycles. The van der Waals surface area contributed by atoms with Crippen molar-refractivity contribution in [1.29, 1.82) is 0 Å². The zero-order valence-electron chi connectivity index (χ0n) is 9.73. The van der Waals surface area contributed by atoms with Crippen molar-refractivity contribution < 1.29 is 4.42 Å². The summed E-state index contributed by atoms with van der Waals surface area (Å²) in [5.74, 6) is 0.917. The van der Waals surface area contributed by atoms with Crippen LogP contribution in [0.3, 0.4) is 0 Å². The lowest BCUT2D eigenvalue weighted by Gasteiger charge is -2.11. The highest BCUT2D eigenvalue weighted by atomic mass is 16.3. The van der Waals surface area contributed by atoms with Gasteiger partial charge in [0.25, 0.3) is 0 Å². The Bertz CT molecular complexity index is 473. The fourth-order valence-corrected chi connectivity index (χ4v) is 1.98. The Morgan fingerprint density at radius 1 is 1.25 bits per heavy atom. The summed E-state index contributed by atoms with van der Waals surface area (Å²) < 4.78 is 5.27. The van der Waals surface area contributed by atoms with Crippen molar-refractivity contribution in [3.8, 4) is 0 Å². The molecule has 1 unspecified atom stereocenters. The summed E-state index contributed by atoms with van der Waals surface area (Å²) in [6.45, 7) is 4.05. The number of rotatable bonds is 3. The molecule has 0 fully saturated rings. The predicted octanol–water partition coefficient (Wildman–Crippen LogP) is 3.14. The maximum absolute atomic E-state index is 6.16. The minimum absolute atomic E-state index is 0.0144. The van der Waals surface area contributed by atoms with Crippen LogP contribution in [0.15, 0.2) is 41.0 Å². The standard InChI is InChI=1S/C14H17NO/c1-10-4-3-5-12(8-10)9-14(15)13-6-7-16-11(13)2/h3-8,14H,9,15H2,1-2H3. The van der Waals surface area contributed by atoms with Gasteiger partial charge in [0, 0.05) is 11.6 Å². The Morgan fingerprint density at radius 3 is 2.69 bits per heavy atom. The van der Waals surface area contributed by atoms with Gasteiger partial charge in [-0.15, -0.1) is 0 Å². The molecule has 2 rings (SSSR count). The lowest BCUT2D eigenvalue weighted by atomic mass is 9.99. The van der Waals surface area contributed by atoms with Crippen LogP contribution in [0.4, 0.5) is 0 Å². The maximum atomic E-state index is 6.16. The molecule has 0 aliphatic carbocycles. The fourth-order valence-electron chi connectivity index (χ4n) is 1.98. The lowest BCUT2D eigenvalue weighted by Crippen LogP contribution is -2.13. The fraction of sp³-hybridized carbons (Fsp3) is 0.286. The van der Waals surface area contributed by atoms with Crippen molar-refractivity contribution in [1.82, 2.24) is 0 Å². The largest absolute Gasteiger partial charge is 0.469 e. The summed E-state index contributed by atoms with van der Waals surface area (Å²) in [7, 11) is 0. The van der Waals surface area contributed by atoms with E-state index in [1.807, 2.05) is 13.0 Å². The normalized spacial score (nSPS) is 12.7. The highest BCUT2D eigenvalue weighted by Gasteiger charge is 2.11. The van der Waals surface area contributed by atoms with Crippen LogP contribution < -0.4 is 5.73 Å². The Labute approximate surface area is 96.1 Å². The Hall–Kier alpha value is -1.54. The van der Waals surface area contributed by atoms with Gasteiger partial charge in [-0.25, -0.2) is 0 Å². The Morgan fingerprint density at radius 2 is 2.06 bits per heavy atom. The van der Waals surface area contributed by atoms with Crippen LogP contribution in [0.25, 0.3) is 0 Å². The SMILES string of the molecule is Cc1cccc(CC(N)c2ccoc2C)c1. The molecule has 16 heavy (non-hydrogen) atoms. The summed E-state index contributed by atoms with van der Waals surface area (Å²) >= 11 is 0. The molecule has 1 atom stereocenters. The van der Waals surface area contributed by atoms with Gasteiger partial charge >= 0.3 is 0 Å². The number of benzene rings is 1. The average molecular weight is 215 g/mol. The summed E-state index contributed by atoms with van der Waals surface area (Å²) in [5, 5.41) is 0. The van der Waals surface area contributed by atoms with E-state index < -0.39 is 0 Å². The molecule has 1 aromatic heterocycles. The van der Waals surface area contributed by atoms with Crippen molar-refractivity contribution >= 4 is 0 Å². The smallest absolute Gasteiger partial charge is 0.105 e. The highest BCUT2D eigenvalue weighted by molar-refractivity contribution is 5.27. The van der Waals surface area contributed by atoms with E-state index in [0.717, 1.165) is 17.7 Å². The van der Waals surface area contributed by atoms with Crippen molar-refractivity contribution in [3.05, 3.63) is 59.0 Å². The Balaban J connectivity index is 2.14. The third-order valence-corrected chi connectivity index (χ3v) is 2.84. The first-order valence-electron chi connectivity index (χ1n) is 5.52. The molecule has 1 heterocycles. The zero-order valence-corrected chi connectivity index (χ0v) is 9.73. The molecule has 2 aromatic rings. The van der Waals surface area contributed by atoms with Crippen LogP contribution in [0.2, 0.25) is 0 Å². The van der Waals surface area contributed by atoms with E-state index >= 15 is 0 Å². The van der Waals surface area contributed by atoms with Gasteiger partial charge in [0.15, 0.2) is 0 Å². The van der Waals surface area contributed by atoms with Crippen LogP contribution >= 0.6 is 0 Å². The van der Waals surface area contributed by atoms with E-state index in [0.29, 0.717) is 0 Å². The third kappa shape index (κ3) is 2.34. The zero-order chi connectivity index (χ0) is 11.5. The molecule has 0 radical (unpaired) electrons. The van der Waals surface area contributed by atoms with E-state index in [1.165, 1.54) is 11.1 Å². The van der Waals surface area contributed by atoms with Gasteiger partial charge in [-0.2, -0.15) is 0 Å². The van der Waals surface area contributed by atoms with Crippen molar-refractivity contribution in [2.75, 3.05) is 0 Å². The average Bonchev–Trinajstić information content (AvgIpc) is 2.64. The molecule has 0 saturated heterocycles. The first kappa shape index (κ1) is 11.0. The minimum Gasteiger partial charge on any atom is -0.469 e. The van der Waals surface area contributed by atoms with Gasteiger partial charge in [-0.1, -0.05) is 29.8 Å². The Kier molecular flexibility index (Phi) is 3.11. The molecule has 0 aliphatic rings. The van der Waals surface area contributed by atoms with Crippen LogP contribution in [-0.2, 0) is 6.42 Å². The van der Waals surface area contributed by atoms with Gasteiger partial charge in [0.05, 0.1) is 6.26 Å². The molecule has 84 valence electrons. The lowest BCUT2D eigenvalue weighted by molar-refractivity contribution is 0.524. The molecule has 0 amide bonds. The van der Waals surface area contributed by atoms with Gasteiger partial charge in [0.2, 0.25) is 0 Å². The molecular weight excluding hydrogens is 198 g/mol. The summed E-state index contributed by atoms with van der Waals surface area (Å²) in [6.07, 6.45) is 2.54. The van der Waals surface area contributed by atoms with E-state index in [4.69, 9.17) is 10.2 Å². The van der Waals surface area contributed by atoms with E-state index in [-0.39, 0.29) is 6.04 Å². The topological polar surface area (TPSA) is 39.2 Å². The molecule has 0 saturated carbocycles. The minimum atomic E-state index is 0.0144. The predicted molar refractivity (Wildman–Crippen MR) is 65.3 cm³/mol. The first-order valence-corrected chi connectivity index (χ1v) is 5.52. The second-order valence-corrected chi connectivity index (χ2v) is 4.23. The van der Waals surface area contributed by atoms with E-state index in [2.05, 4.69) is 31.2 Å². The maximum Gasteiger partial charge on any atom is 0.105 e. The summed E-state index contributed by atoms with van der Waals surface area (Å²) in [4.78, 5) is 0. The molecule has 1 aromatic carbocycles. The van der Waals surface area contributed by atoms with Crippen LogP contribution in [0, 0.1) is 13.8 Å². The molecule has 2 heteroatoms. The van der Waals surface area contributed by atoms with Crippen molar-refractivity contribution in [3.63, 3.8) is 0 Å². The highest BCUT2D eigenvalue weighted by Crippen LogP contribution is 2.20. The van der Waals surface area contributed by atoms with Crippen molar-refractivity contribution in [2.45, 2.75) is 26.3 Å². The van der Waals surface area contributed by atoms with Crippen LogP contribution in [-0.4, -0.2) is 0 Å². The number of hydrogen-bond acceptors (Lipinski definition) is 2. The van der Waals surface area contributed by atoms with Crippen molar-refractivity contribution in [2.24, 2.45) is 5.73 Å². The number of aryl methyl sites for hydroxylation is 2. The summed E-state index contributed by atoms with van der Waals surface area (Å²) in [5.41, 5.74) is 9.80. The van der Waals surface area contributed by atoms with E-state index in [1.54, 1.807) is 6.26 Å². The molecule has 0 spiro atoms. The molecule has 2 N–H and O–H groups in total. The first-order chi connectivity index (χ1) is 7.66.